The number of hydrogen-bond donors (Lipinski definition) is 1. The van der Waals surface area contributed by atoms with Crippen LogP contribution in [0.2, 0.25) is 10.0 Å². The minimum atomic E-state index is -0.434. The normalized spacial score (nSPS) is 12.2. The molecule has 0 heterocycles. The van der Waals surface area contributed by atoms with Crippen LogP contribution in [-0.4, -0.2) is 7.05 Å². The third kappa shape index (κ3) is 4.10. The lowest BCUT2D eigenvalue weighted by molar-refractivity contribution is 0.300. The summed E-state index contributed by atoms with van der Waals surface area (Å²) < 4.78 is 18.9. The summed E-state index contributed by atoms with van der Waals surface area (Å²) in [7, 11) is 1.87. The molecule has 0 aliphatic rings. The minimum absolute atomic E-state index is 0.0935. The van der Waals surface area contributed by atoms with Gasteiger partial charge in [0.15, 0.2) is 0 Å². The van der Waals surface area contributed by atoms with Gasteiger partial charge in [0.2, 0.25) is 0 Å². The minimum Gasteiger partial charge on any atom is -0.489 e. The standard InChI is InChI=1S/C16H16Cl2FNO/c1-10(20-2)13-8-12(17)4-6-16(13)21-9-11-3-5-15(19)14(18)7-11/h3-8,10,20H,9H2,1-2H3. The van der Waals surface area contributed by atoms with Crippen LogP contribution in [0.5, 0.6) is 5.75 Å². The fraction of sp³-hybridized carbons (Fsp3) is 0.250. The van der Waals surface area contributed by atoms with E-state index < -0.39 is 5.82 Å². The maximum Gasteiger partial charge on any atom is 0.141 e. The summed E-state index contributed by atoms with van der Waals surface area (Å²) in [6.07, 6.45) is 0. The molecular formula is C16H16Cl2FNO. The van der Waals surface area contributed by atoms with Gasteiger partial charge in [0, 0.05) is 16.6 Å². The molecule has 2 nitrogen and oxygen atoms in total. The molecule has 0 fully saturated rings. The second-order valence-corrected chi connectivity index (χ2v) is 5.57. The molecule has 0 aliphatic heterocycles. The van der Waals surface area contributed by atoms with E-state index in [1.807, 2.05) is 26.1 Å². The van der Waals surface area contributed by atoms with Crippen molar-refractivity contribution in [1.82, 2.24) is 5.32 Å². The van der Waals surface area contributed by atoms with E-state index in [1.54, 1.807) is 18.2 Å². The maximum atomic E-state index is 13.1. The summed E-state index contributed by atoms with van der Waals surface area (Å²) in [5, 5.41) is 3.90. The van der Waals surface area contributed by atoms with Crippen LogP contribution >= 0.6 is 23.2 Å². The van der Waals surface area contributed by atoms with Crippen LogP contribution < -0.4 is 10.1 Å². The van der Waals surface area contributed by atoms with Gasteiger partial charge in [-0.2, -0.15) is 0 Å². The molecule has 0 saturated heterocycles. The quantitative estimate of drug-likeness (QED) is 0.835. The van der Waals surface area contributed by atoms with Crippen LogP contribution in [0.15, 0.2) is 36.4 Å². The van der Waals surface area contributed by atoms with Crippen LogP contribution in [0.3, 0.4) is 0 Å². The van der Waals surface area contributed by atoms with Crippen LogP contribution in [-0.2, 0) is 6.61 Å². The van der Waals surface area contributed by atoms with E-state index in [4.69, 9.17) is 27.9 Å². The lowest BCUT2D eigenvalue weighted by atomic mass is 10.1. The van der Waals surface area contributed by atoms with Crippen molar-refractivity contribution in [2.45, 2.75) is 19.6 Å². The Labute approximate surface area is 133 Å². The van der Waals surface area contributed by atoms with Gasteiger partial charge in [-0.1, -0.05) is 29.3 Å². The summed E-state index contributed by atoms with van der Waals surface area (Å²) in [4.78, 5) is 0. The second-order valence-electron chi connectivity index (χ2n) is 4.73. The highest BCUT2D eigenvalue weighted by molar-refractivity contribution is 6.31. The molecule has 21 heavy (non-hydrogen) atoms. The van der Waals surface area contributed by atoms with Gasteiger partial charge in [-0.15, -0.1) is 0 Å². The molecule has 0 bridgehead atoms. The van der Waals surface area contributed by atoms with Crippen LogP contribution in [0.1, 0.15) is 24.1 Å². The Morgan fingerprint density at radius 1 is 1.19 bits per heavy atom. The SMILES string of the molecule is CNC(C)c1cc(Cl)ccc1OCc1ccc(F)c(Cl)c1. The first kappa shape index (κ1) is 16.1. The predicted molar refractivity (Wildman–Crippen MR) is 84.7 cm³/mol. The lowest BCUT2D eigenvalue weighted by Crippen LogP contribution is -2.13. The van der Waals surface area contributed by atoms with Gasteiger partial charge < -0.3 is 10.1 Å². The molecule has 0 aliphatic carbocycles. The van der Waals surface area contributed by atoms with Gasteiger partial charge in [0.25, 0.3) is 0 Å². The first-order valence-electron chi connectivity index (χ1n) is 6.54. The van der Waals surface area contributed by atoms with E-state index in [-0.39, 0.29) is 11.1 Å². The molecule has 0 aromatic heterocycles. The molecule has 1 unspecified atom stereocenters. The molecule has 1 N–H and O–H groups in total. The van der Waals surface area contributed by atoms with E-state index in [2.05, 4.69) is 5.32 Å². The Morgan fingerprint density at radius 2 is 1.95 bits per heavy atom. The van der Waals surface area contributed by atoms with Crippen LogP contribution in [0.4, 0.5) is 4.39 Å². The average molecular weight is 328 g/mol. The molecule has 2 rings (SSSR count). The Balaban J connectivity index is 2.17. The van der Waals surface area contributed by atoms with Crippen molar-refractivity contribution in [3.8, 4) is 5.75 Å². The maximum absolute atomic E-state index is 13.1. The topological polar surface area (TPSA) is 21.3 Å². The van der Waals surface area contributed by atoms with Crippen molar-refractivity contribution in [1.29, 1.82) is 0 Å². The largest absolute Gasteiger partial charge is 0.489 e. The zero-order valence-corrected chi connectivity index (χ0v) is 13.3. The summed E-state index contributed by atoms with van der Waals surface area (Å²) in [5.41, 5.74) is 1.78. The molecule has 0 saturated carbocycles. The monoisotopic (exact) mass is 327 g/mol. The molecule has 1 atom stereocenters. The Hall–Kier alpha value is -1.29. The Kier molecular flexibility index (Phi) is 5.45. The first-order valence-corrected chi connectivity index (χ1v) is 7.30. The third-order valence-corrected chi connectivity index (χ3v) is 3.77. The fourth-order valence-electron chi connectivity index (χ4n) is 1.94. The molecular weight excluding hydrogens is 312 g/mol. The van der Waals surface area contributed by atoms with E-state index >= 15 is 0 Å². The number of benzene rings is 2. The number of halogens is 3. The zero-order valence-electron chi connectivity index (χ0n) is 11.8. The van der Waals surface area contributed by atoms with Crippen molar-refractivity contribution < 1.29 is 9.13 Å². The Bertz CT molecular complexity index is 634. The van der Waals surface area contributed by atoms with Gasteiger partial charge >= 0.3 is 0 Å². The van der Waals surface area contributed by atoms with Crippen molar-refractivity contribution in [3.05, 3.63) is 63.4 Å². The fourth-order valence-corrected chi connectivity index (χ4v) is 2.32. The summed E-state index contributed by atoms with van der Waals surface area (Å²) >= 11 is 11.8. The summed E-state index contributed by atoms with van der Waals surface area (Å²) in [6.45, 7) is 2.33. The molecule has 0 radical (unpaired) electrons. The Morgan fingerprint density at radius 3 is 2.62 bits per heavy atom. The summed E-state index contributed by atoms with van der Waals surface area (Å²) in [5.74, 6) is 0.304. The van der Waals surface area contributed by atoms with Crippen molar-refractivity contribution in [2.24, 2.45) is 0 Å². The average Bonchev–Trinajstić information content (AvgIpc) is 2.48. The molecule has 2 aromatic carbocycles. The number of nitrogens with one attached hydrogen (secondary N) is 1. The van der Waals surface area contributed by atoms with Crippen LogP contribution in [0.25, 0.3) is 0 Å². The van der Waals surface area contributed by atoms with E-state index in [0.29, 0.717) is 11.6 Å². The third-order valence-electron chi connectivity index (χ3n) is 3.25. The van der Waals surface area contributed by atoms with E-state index in [0.717, 1.165) is 16.9 Å². The van der Waals surface area contributed by atoms with Crippen LogP contribution in [0, 0.1) is 5.82 Å². The first-order chi connectivity index (χ1) is 10.0. The van der Waals surface area contributed by atoms with Gasteiger partial charge in [-0.25, -0.2) is 4.39 Å². The second kappa shape index (κ2) is 7.12. The molecule has 0 spiro atoms. The molecule has 2 aromatic rings. The zero-order chi connectivity index (χ0) is 15.4. The van der Waals surface area contributed by atoms with Crippen molar-refractivity contribution in [3.63, 3.8) is 0 Å². The molecule has 0 amide bonds. The molecule has 112 valence electrons. The van der Waals surface area contributed by atoms with Crippen molar-refractivity contribution >= 4 is 23.2 Å². The molecule has 5 heteroatoms. The highest BCUT2D eigenvalue weighted by Gasteiger charge is 2.11. The smallest absolute Gasteiger partial charge is 0.141 e. The lowest BCUT2D eigenvalue weighted by Gasteiger charge is -2.17. The van der Waals surface area contributed by atoms with Gasteiger partial charge in [-0.3, -0.25) is 0 Å². The predicted octanol–water partition coefficient (Wildman–Crippen LogP) is 4.99. The van der Waals surface area contributed by atoms with Gasteiger partial charge in [0.05, 0.1) is 5.02 Å². The van der Waals surface area contributed by atoms with E-state index in [9.17, 15) is 4.39 Å². The van der Waals surface area contributed by atoms with E-state index in [1.165, 1.54) is 6.07 Å². The highest BCUT2D eigenvalue weighted by Crippen LogP contribution is 2.29. The highest BCUT2D eigenvalue weighted by atomic mass is 35.5. The summed E-state index contributed by atoms with van der Waals surface area (Å²) in [6, 6.07) is 10.1. The number of ether oxygens (including phenoxy) is 1. The number of hydrogen-bond acceptors (Lipinski definition) is 2. The van der Waals surface area contributed by atoms with Crippen molar-refractivity contribution in [2.75, 3.05) is 7.05 Å². The van der Waals surface area contributed by atoms with Gasteiger partial charge in [0.1, 0.15) is 18.2 Å². The van der Waals surface area contributed by atoms with Gasteiger partial charge in [-0.05, 0) is 49.9 Å². The number of rotatable bonds is 5.